The Morgan fingerprint density at radius 1 is 1.11 bits per heavy atom. The highest BCUT2D eigenvalue weighted by Crippen LogP contribution is 2.30. The maximum absolute atomic E-state index is 5.83. The number of rotatable bonds is 2. The van der Waals surface area contributed by atoms with E-state index in [4.69, 9.17) is 5.73 Å². The van der Waals surface area contributed by atoms with E-state index in [1.165, 1.54) is 22.4 Å². The molecule has 2 N–H and O–H groups in total. The minimum absolute atomic E-state index is 0.867. The zero-order valence-corrected chi connectivity index (χ0v) is 10.7. The summed E-state index contributed by atoms with van der Waals surface area (Å²) in [6.07, 6.45) is 1.10. The number of nitrogen functional groups attached to an aromatic ring is 1. The zero-order chi connectivity index (χ0) is 12.5. The van der Waals surface area contributed by atoms with Crippen molar-refractivity contribution in [2.24, 2.45) is 0 Å². The molecule has 0 aromatic heterocycles. The summed E-state index contributed by atoms with van der Waals surface area (Å²) >= 11 is 0. The highest BCUT2D eigenvalue weighted by atomic mass is 15.1. The first-order valence-electron chi connectivity index (χ1n) is 6.41. The number of hydrogen-bond acceptors (Lipinski definition) is 2. The van der Waals surface area contributed by atoms with Gasteiger partial charge in [-0.15, -0.1) is 0 Å². The molecule has 0 saturated carbocycles. The Bertz CT molecular complexity index is 558. The number of anilines is 2. The maximum Gasteiger partial charge on any atom is 0.0429 e. The number of aryl methyl sites for hydroxylation is 1. The lowest BCUT2D eigenvalue weighted by atomic mass is 10.1. The molecule has 2 aromatic carbocycles. The fourth-order valence-electron chi connectivity index (χ4n) is 2.57. The van der Waals surface area contributed by atoms with Crippen LogP contribution >= 0.6 is 0 Å². The average Bonchev–Trinajstić information content (AvgIpc) is 2.74. The molecule has 0 atom stereocenters. The standard InChI is InChI=1S/C16H18N2/c1-12-2-4-13(5-3-12)11-18-9-8-14-10-15(17)6-7-16(14)18/h2-7,10H,8-9,11,17H2,1H3. The molecule has 92 valence electrons. The van der Waals surface area contributed by atoms with Crippen LogP contribution in [-0.2, 0) is 13.0 Å². The molecule has 0 bridgehead atoms. The van der Waals surface area contributed by atoms with E-state index < -0.39 is 0 Å². The van der Waals surface area contributed by atoms with Crippen molar-refractivity contribution < 1.29 is 0 Å². The Hall–Kier alpha value is -1.96. The van der Waals surface area contributed by atoms with Crippen LogP contribution in [0.3, 0.4) is 0 Å². The van der Waals surface area contributed by atoms with Crippen LogP contribution in [0.15, 0.2) is 42.5 Å². The van der Waals surface area contributed by atoms with E-state index >= 15 is 0 Å². The van der Waals surface area contributed by atoms with Crippen LogP contribution in [0.1, 0.15) is 16.7 Å². The predicted octanol–water partition coefficient (Wildman–Crippen LogP) is 3.14. The van der Waals surface area contributed by atoms with Crippen LogP contribution in [0.2, 0.25) is 0 Å². The topological polar surface area (TPSA) is 29.3 Å². The van der Waals surface area contributed by atoms with E-state index in [2.05, 4.69) is 48.2 Å². The molecule has 0 unspecified atom stereocenters. The first-order chi connectivity index (χ1) is 8.72. The third-order valence-electron chi connectivity index (χ3n) is 3.59. The van der Waals surface area contributed by atoms with Crippen LogP contribution in [0.25, 0.3) is 0 Å². The lowest BCUT2D eigenvalue weighted by molar-refractivity contribution is 0.836. The van der Waals surface area contributed by atoms with Crippen molar-refractivity contribution in [3.8, 4) is 0 Å². The molecule has 0 fully saturated rings. The Morgan fingerprint density at radius 2 is 1.89 bits per heavy atom. The minimum Gasteiger partial charge on any atom is -0.399 e. The van der Waals surface area contributed by atoms with Gasteiger partial charge in [-0.3, -0.25) is 0 Å². The van der Waals surface area contributed by atoms with Crippen LogP contribution in [0, 0.1) is 6.92 Å². The fourth-order valence-corrected chi connectivity index (χ4v) is 2.57. The Kier molecular flexibility index (Phi) is 2.71. The SMILES string of the molecule is Cc1ccc(CN2CCc3cc(N)ccc32)cc1. The van der Waals surface area contributed by atoms with Crippen LogP contribution in [0.4, 0.5) is 11.4 Å². The number of nitrogens with two attached hydrogens (primary N) is 1. The second-order valence-electron chi connectivity index (χ2n) is 5.05. The van der Waals surface area contributed by atoms with E-state index in [0.717, 1.165) is 25.2 Å². The summed E-state index contributed by atoms with van der Waals surface area (Å²) in [5.41, 5.74) is 12.1. The first kappa shape index (κ1) is 11.1. The van der Waals surface area contributed by atoms with E-state index in [1.54, 1.807) is 0 Å². The lowest BCUT2D eigenvalue weighted by Crippen LogP contribution is -2.19. The summed E-state index contributed by atoms with van der Waals surface area (Å²) in [7, 11) is 0. The van der Waals surface area contributed by atoms with Gasteiger partial charge < -0.3 is 10.6 Å². The average molecular weight is 238 g/mol. The summed E-state index contributed by atoms with van der Waals surface area (Å²) in [4.78, 5) is 2.43. The third-order valence-corrected chi connectivity index (χ3v) is 3.59. The number of nitrogens with zero attached hydrogens (tertiary/aromatic N) is 1. The van der Waals surface area contributed by atoms with Gasteiger partial charge in [0.15, 0.2) is 0 Å². The predicted molar refractivity (Wildman–Crippen MR) is 76.8 cm³/mol. The summed E-state index contributed by atoms with van der Waals surface area (Å²) < 4.78 is 0. The molecular formula is C16H18N2. The van der Waals surface area contributed by atoms with Crippen LogP contribution in [-0.4, -0.2) is 6.54 Å². The molecule has 0 amide bonds. The van der Waals surface area contributed by atoms with Gasteiger partial charge in [0.1, 0.15) is 0 Å². The number of fused-ring (bicyclic) bond motifs is 1. The van der Waals surface area contributed by atoms with E-state index in [9.17, 15) is 0 Å². The molecule has 0 saturated heterocycles. The first-order valence-corrected chi connectivity index (χ1v) is 6.41. The largest absolute Gasteiger partial charge is 0.399 e. The van der Waals surface area contributed by atoms with Crippen molar-refractivity contribution in [2.75, 3.05) is 17.2 Å². The van der Waals surface area contributed by atoms with Gasteiger partial charge in [0, 0.05) is 24.5 Å². The van der Waals surface area contributed by atoms with E-state index in [0.29, 0.717) is 0 Å². The van der Waals surface area contributed by atoms with Gasteiger partial charge in [0.25, 0.3) is 0 Å². The van der Waals surface area contributed by atoms with Crippen molar-refractivity contribution in [3.05, 3.63) is 59.2 Å². The summed E-state index contributed by atoms with van der Waals surface area (Å²) in [5, 5.41) is 0. The van der Waals surface area contributed by atoms with Gasteiger partial charge in [0.2, 0.25) is 0 Å². The van der Waals surface area contributed by atoms with Crippen molar-refractivity contribution in [3.63, 3.8) is 0 Å². The van der Waals surface area contributed by atoms with Crippen molar-refractivity contribution >= 4 is 11.4 Å². The molecule has 2 nitrogen and oxygen atoms in total. The minimum atomic E-state index is 0.867. The van der Waals surface area contributed by atoms with Gasteiger partial charge in [-0.2, -0.15) is 0 Å². The van der Waals surface area contributed by atoms with Crippen LogP contribution < -0.4 is 10.6 Å². The second-order valence-corrected chi connectivity index (χ2v) is 5.05. The molecule has 0 spiro atoms. The number of benzene rings is 2. The molecule has 1 heterocycles. The molecule has 3 rings (SSSR count). The van der Waals surface area contributed by atoms with E-state index in [-0.39, 0.29) is 0 Å². The summed E-state index contributed by atoms with van der Waals surface area (Å²) in [6, 6.07) is 15.0. The monoisotopic (exact) mass is 238 g/mol. The van der Waals surface area contributed by atoms with Gasteiger partial charge in [-0.05, 0) is 42.7 Å². The smallest absolute Gasteiger partial charge is 0.0429 e. The molecule has 1 aliphatic rings. The zero-order valence-electron chi connectivity index (χ0n) is 10.7. The molecule has 1 aliphatic heterocycles. The quantitative estimate of drug-likeness (QED) is 0.814. The fraction of sp³-hybridized carbons (Fsp3) is 0.250. The van der Waals surface area contributed by atoms with Gasteiger partial charge in [-0.25, -0.2) is 0 Å². The van der Waals surface area contributed by atoms with Crippen molar-refractivity contribution in [2.45, 2.75) is 19.9 Å². The summed E-state index contributed by atoms with van der Waals surface area (Å²) in [6.45, 7) is 4.20. The molecule has 2 aromatic rings. The van der Waals surface area contributed by atoms with Gasteiger partial charge in [0.05, 0.1) is 0 Å². The highest BCUT2D eigenvalue weighted by Gasteiger charge is 2.18. The Labute approximate surface area is 108 Å². The lowest BCUT2D eigenvalue weighted by Gasteiger charge is -2.19. The Morgan fingerprint density at radius 3 is 2.67 bits per heavy atom. The van der Waals surface area contributed by atoms with Gasteiger partial charge in [-0.1, -0.05) is 29.8 Å². The number of hydrogen-bond donors (Lipinski definition) is 1. The third kappa shape index (κ3) is 2.06. The molecule has 18 heavy (non-hydrogen) atoms. The van der Waals surface area contributed by atoms with Crippen molar-refractivity contribution in [1.29, 1.82) is 0 Å². The maximum atomic E-state index is 5.83. The highest BCUT2D eigenvalue weighted by molar-refractivity contribution is 5.63. The molecular weight excluding hydrogens is 220 g/mol. The van der Waals surface area contributed by atoms with Crippen LogP contribution in [0.5, 0.6) is 0 Å². The molecule has 2 heteroatoms. The normalized spacial score (nSPS) is 13.7. The molecule has 0 radical (unpaired) electrons. The Balaban J connectivity index is 1.82. The molecule has 0 aliphatic carbocycles. The van der Waals surface area contributed by atoms with Crippen molar-refractivity contribution in [1.82, 2.24) is 0 Å². The second kappa shape index (κ2) is 4.37. The van der Waals surface area contributed by atoms with Gasteiger partial charge >= 0.3 is 0 Å². The van der Waals surface area contributed by atoms with E-state index in [1.807, 2.05) is 6.07 Å². The summed E-state index contributed by atoms with van der Waals surface area (Å²) in [5.74, 6) is 0.